The second-order valence-corrected chi connectivity index (χ2v) is 6.27. The number of aromatic amines is 1. The van der Waals surface area contributed by atoms with Crippen LogP contribution in [0.5, 0.6) is 0 Å². The first-order valence-electron chi connectivity index (χ1n) is 6.25. The van der Waals surface area contributed by atoms with Crippen molar-refractivity contribution < 1.29 is 9.00 Å². The third-order valence-corrected chi connectivity index (χ3v) is 3.80. The SMILES string of the molecule is CC(CCS(C)=O)NC(=O)c1cc2ccccc2[nH]1. The molecular weight excluding hydrogens is 260 g/mol. The van der Waals surface area contributed by atoms with Gasteiger partial charge in [0.05, 0.1) is 0 Å². The lowest BCUT2D eigenvalue weighted by molar-refractivity contribution is 0.0935. The van der Waals surface area contributed by atoms with Crippen LogP contribution in [0.3, 0.4) is 0 Å². The lowest BCUT2D eigenvalue weighted by Gasteiger charge is -2.12. The van der Waals surface area contributed by atoms with E-state index < -0.39 is 10.8 Å². The normalized spacial score (nSPS) is 14.2. The van der Waals surface area contributed by atoms with Crippen LogP contribution >= 0.6 is 0 Å². The zero-order chi connectivity index (χ0) is 13.8. The summed E-state index contributed by atoms with van der Waals surface area (Å²) >= 11 is 0. The molecule has 0 bridgehead atoms. The number of H-pyrrole nitrogens is 1. The van der Waals surface area contributed by atoms with Crippen molar-refractivity contribution in [1.82, 2.24) is 10.3 Å². The Kier molecular flexibility index (Phi) is 4.37. The van der Waals surface area contributed by atoms with E-state index in [4.69, 9.17) is 0 Å². The molecule has 0 saturated heterocycles. The standard InChI is InChI=1S/C14H18N2O2S/c1-10(7-8-19(2)18)15-14(17)13-9-11-5-3-4-6-12(11)16-13/h3-6,9-10,16H,7-8H2,1-2H3,(H,15,17). The van der Waals surface area contributed by atoms with Gasteiger partial charge < -0.3 is 10.3 Å². The van der Waals surface area contributed by atoms with Crippen molar-refractivity contribution in [2.75, 3.05) is 12.0 Å². The van der Waals surface area contributed by atoms with Crippen molar-refractivity contribution in [3.8, 4) is 0 Å². The van der Waals surface area contributed by atoms with Crippen molar-refractivity contribution in [3.63, 3.8) is 0 Å². The van der Waals surface area contributed by atoms with E-state index in [1.54, 1.807) is 6.26 Å². The highest BCUT2D eigenvalue weighted by atomic mass is 32.2. The lowest BCUT2D eigenvalue weighted by Crippen LogP contribution is -2.33. The number of nitrogens with one attached hydrogen (secondary N) is 2. The number of rotatable bonds is 5. The molecule has 19 heavy (non-hydrogen) atoms. The minimum Gasteiger partial charge on any atom is -0.351 e. The van der Waals surface area contributed by atoms with Crippen LogP contribution in [-0.2, 0) is 10.8 Å². The van der Waals surface area contributed by atoms with Gasteiger partial charge in [-0.1, -0.05) is 18.2 Å². The Morgan fingerprint density at radius 2 is 2.16 bits per heavy atom. The molecule has 102 valence electrons. The molecule has 2 aromatic rings. The van der Waals surface area contributed by atoms with Crippen molar-refractivity contribution in [3.05, 3.63) is 36.0 Å². The molecule has 5 heteroatoms. The highest BCUT2D eigenvalue weighted by Gasteiger charge is 2.12. The van der Waals surface area contributed by atoms with E-state index in [9.17, 15) is 9.00 Å². The fourth-order valence-electron chi connectivity index (χ4n) is 1.91. The maximum Gasteiger partial charge on any atom is 0.267 e. The molecular formula is C14H18N2O2S. The molecule has 1 amide bonds. The Labute approximate surface area is 115 Å². The van der Waals surface area contributed by atoms with Gasteiger partial charge in [-0.25, -0.2) is 0 Å². The molecule has 2 unspecified atom stereocenters. The van der Waals surface area contributed by atoms with Gasteiger partial charge in [-0.2, -0.15) is 0 Å². The van der Waals surface area contributed by atoms with E-state index in [-0.39, 0.29) is 11.9 Å². The zero-order valence-electron chi connectivity index (χ0n) is 11.1. The number of carbonyl (C=O) groups excluding carboxylic acids is 1. The first kappa shape index (κ1) is 13.8. The molecule has 0 saturated carbocycles. The minimum absolute atomic E-state index is 0.0165. The topological polar surface area (TPSA) is 62.0 Å². The fourth-order valence-corrected chi connectivity index (χ4v) is 2.60. The molecule has 4 nitrogen and oxygen atoms in total. The number of para-hydroxylation sites is 1. The van der Waals surface area contributed by atoms with Gasteiger partial charge in [0.1, 0.15) is 5.69 Å². The average molecular weight is 278 g/mol. The van der Waals surface area contributed by atoms with E-state index >= 15 is 0 Å². The number of hydrogen-bond acceptors (Lipinski definition) is 2. The minimum atomic E-state index is -0.817. The van der Waals surface area contributed by atoms with Gasteiger partial charge in [0, 0.05) is 39.8 Å². The van der Waals surface area contributed by atoms with Crippen molar-refractivity contribution >= 4 is 27.6 Å². The largest absolute Gasteiger partial charge is 0.351 e. The fraction of sp³-hybridized carbons (Fsp3) is 0.357. The van der Waals surface area contributed by atoms with Crippen molar-refractivity contribution in [2.24, 2.45) is 0 Å². The summed E-state index contributed by atoms with van der Waals surface area (Å²) in [7, 11) is -0.817. The van der Waals surface area contributed by atoms with Gasteiger partial charge in [0.25, 0.3) is 5.91 Å². The Balaban J connectivity index is 2.01. The van der Waals surface area contributed by atoms with E-state index in [2.05, 4.69) is 10.3 Å². The van der Waals surface area contributed by atoms with Gasteiger partial charge in [0.2, 0.25) is 0 Å². The van der Waals surface area contributed by atoms with E-state index in [0.717, 1.165) is 17.3 Å². The average Bonchev–Trinajstić information content (AvgIpc) is 2.80. The van der Waals surface area contributed by atoms with Gasteiger partial charge in [-0.15, -0.1) is 0 Å². The van der Waals surface area contributed by atoms with Crippen LogP contribution in [-0.4, -0.2) is 33.2 Å². The molecule has 0 radical (unpaired) electrons. The number of carbonyl (C=O) groups is 1. The summed E-state index contributed by atoms with van der Waals surface area (Å²) in [5, 5.41) is 3.93. The monoisotopic (exact) mass is 278 g/mol. The van der Waals surface area contributed by atoms with Gasteiger partial charge >= 0.3 is 0 Å². The van der Waals surface area contributed by atoms with Crippen LogP contribution in [0.2, 0.25) is 0 Å². The molecule has 0 aliphatic carbocycles. The highest BCUT2D eigenvalue weighted by molar-refractivity contribution is 7.84. The van der Waals surface area contributed by atoms with Gasteiger partial charge in [0.15, 0.2) is 0 Å². The number of aromatic nitrogens is 1. The molecule has 0 aliphatic rings. The summed E-state index contributed by atoms with van der Waals surface area (Å²) in [5.41, 5.74) is 1.51. The van der Waals surface area contributed by atoms with Crippen molar-refractivity contribution in [1.29, 1.82) is 0 Å². The van der Waals surface area contributed by atoms with Gasteiger partial charge in [-0.05, 0) is 25.5 Å². The summed E-state index contributed by atoms with van der Waals surface area (Å²) in [4.78, 5) is 15.1. The van der Waals surface area contributed by atoms with Crippen LogP contribution in [0.15, 0.2) is 30.3 Å². The molecule has 1 heterocycles. The number of amides is 1. The molecule has 0 aliphatic heterocycles. The molecule has 1 aromatic heterocycles. The number of hydrogen-bond donors (Lipinski definition) is 2. The molecule has 2 atom stereocenters. The molecule has 0 fully saturated rings. The second kappa shape index (κ2) is 6.02. The lowest BCUT2D eigenvalue weighted by atomic mass is 10.2. The van der Waals surface area contributed by atoms with E-state index in [1.165, 1.54) is 0 Å². The Hall–Kier alpha value is -1.62. The smallest absolute Gasteiger partial charge is 0.267 e. The Bertz CT molecular complexity index is 573. The quantitative estimate of drug-likeness (QED) is 0.879. The first-order valence-corrected chi connectivity index (χ1v) is 7.97. The summed E-state index contributed by atoms with van der Waals surface area (Å²) in [6, 6.07) is 9.64. The molecule has 1 aromatic carbocycles. The van der Waals surface area contributed by atoms with Crippen LogP contribution in [0, 0.1) is 0 Å². The predicted molar refractivity (Wildman–Crippen MR) is 78.8 cm³/mol. The van der Waals surface area contributed by atoms with Crippen LogP contribution < -0.4 is 5.32 Å². The van der Waals surface area contributed by atoms with E-state index in [1.807, 2.05) is 37.3 Å². The van der Waals surface area contributed by atoms with Gasteiger partial charge in [-0.3, -0.25) is 9.00 Å². The third kappa shape index (κ3) is 3.67. The van der Waals surface area contributed by atoms with Crippen LogP contribution in [0.25, 0.3) is 10.9 Å². The van der Waals surface area contributed by atoms with Crippen LogP contribution in [0.1, 0.15) is 23.8 Å². The number of benzene rings is 1. The predicted octanol–water partition coefficient (Wildman–Crippen LogP) is 2.05. The van der Waals surface area contributed by atoms with Crippen LogP contribution in [0.4, 0.5) is 0 Å². The molecule has 2 rings (SSSR count). The summed E-state index contributed by atoms with van der Waals surface area (Å²) < 4.78 is 11.0. The highest BCUT2D eigenvalue weighted by Crippen LogP contribution is 2.14. The maximum atomic E-state index is 12.1. The Morgan fingerprint density at radius 1 is 1.42 bits per heavy atom. The zero-order valence-corrected chi connectivity index (χ0v) is 11.9. The summed E-state index contributed by atoms with van der Waals surface area (Å²) in [5.74, 6) is 0.485. The molecule has 2 N–H and O–H groups in total. The van der Waals surface area contributed by atoms with Crippen molar-refractivity contribution in [2.45, 2.75) is 19.4 Å². The maximum absolute atomic E-state index is 12.1. The Morgan fingerprint density at radius 3 is 2.84 bits per heavy atom. The second-order valence-electron chi connectivity index (χ2n) is 4.71. The number of fused-ring (bicyclic) bond motifs is 1. The summed E-state index contributed by atoms with van der Waals surface area (Å²) in [6.07, 6.45) is 2.39. The molecule has 0 spiro atoms. The summed E-state index contributed by atoms with van der Waals surface area (Å²) in [6.45, 7) is 1.92. The first-order chi connectivity index (χ1) is 9.06. The van der Waals surface area contributed by atoms with E-state index in [0.29, 0.717) is 11.4 Å². The third-order valence-electron chi connectivity index (χ3n) is 2.99.